The van der Waals surface area contributed by atoms with Gasteiger partial charge in [-0.15, -0.1) is 0 Å². The first-order valence-electron chi connectivity index (χ1n) is 9.81. The number of rotatable bonds is 7. The maximum Gasteiger partial charge on any atom is 0.291 e. The second-order valence-electron chi connectivity index (χ2n) is 7.04. The van der Waals surface area contributed by atoms with Crippen LogP contribution in [0.25, 0.3) is 10.8 Å². The minimum absolute atomic E-state index is 0.200. The van der Waals surface area contributed by atoms with Crippen molar-refractivity contribution >= 4 is 22.4 Å². The summed E-state index contributed by atoms with van der Waals surface area (Å²) in [5.74, 6) is 2.28. The Hall–Kier alpha value is -3.93. The Morgan fingerprint density at radius 1 is 0.903 bits per heavy atom. The van der Waals surface area contributed by atoms with Crippen LogP contribution in [0, 0.1) is 6.92 Å². The third-order valence-corrected chi connectivity index (χ3v) is 4.97. The van der Waals surface area contributed by atoms with E-state index in [4.69, 9.17) is 18.6 Å². The number of nitrogens with one attached hydrogen (secondary N) is 1. The Kier molecular flexibility index (Phi) is 5.80. The van der Waals surface area contributed by atoms with Crippen molar-refractivity contribution in [3.63, 3.8) is 0 Å². The van der Waals surface area contributed by atoms with E-state index in [-0.39, 0.29) is 18.3 Å². The van der Waals surface area contributed by atoms with Crippen LogP contribution in [0.15, 0.2) is 71.1 Å². The first-order valence-corrected chi connectivity index (χ1v) is 9.81. The number of ether oxygens (including phenoxy) is 3. The summed E-state index contributed by atoms with van der Waals surface area (Å²) in [5.41, 5.74) is 1.46. The zero-order valence-corrected chi connectivity index (χ0v) is 17.6. The first kappa shape index (κ1) is 20.3. The maximum atomic E-state index is 12.6. The zero-order chi connectivity index (χ0) is 21.8. The standard InChI is InChI=1S/C25H23NO5/c1-16-12-23(28-2)24(29-3)14-21(16)26-25(27)22-11-10-20(31-22)15-30-19-9-8-17-6-4-5-7-18(17)13-19/h4-14H,15H2,1-3H3,(H,26,27). The smallest absolute Gasteiger partial charge is 0.291 e. The molecule has 0 saturated heterocycles. The molecule has 4 rings (SSSR count). The number of carbonyl (C=O) groups is 1. The predicted molar refractivity (Wildman–Crippen MR) is 119 cm³/mol. The Labute approximate surface area is 180 Å². The highest BCUT2D eigenvalue weighted by atomic mass is 16.5. The van der Waals surface area contributed by atoms with Crippen molar-refractivity contribution in [2.24, 2.45) is 0 Å². The van der Waals surface area contributed by atoms with Crippen LogP contribution < -0.4 is 19.5 Å². The van der Waals surface area contributed by atoms with Crippen molar-refractivity contribution in [1.82, 2.24) is 0 Å². The van der Waals surface area contributed by atoms with Gasteiger partial charge in [-0.2, -0.15) is 0 Å². The fourth-order valence-corrected chi connectivity index (χ4v) is 3.29. The monoisotopic (exact) mass is 417 g/mol. The molecular weight excluding hydrogens is 394 g/mol. The third kappa shape index (κ3) is 4.48. The average molecular weight is 417 g/mol. The van der Waals surface area contributed by atoms with Gasteiger partial charge in [0.1, 0.15) is 18.1 Å². The number of fused-ring (bicyclic) bond motifs is 1. The summed E-state index contributed by atoms with van der Waals surface area (Å²) < 4.78 is 22.1. The van der Waals surface area contributed by atoms with Crippen LogP contribution >= 0.6 is 0 Å². The lowest BCUT2D eigenvalue weighted by atomic mass is 10.1. The largest absolute Gasteiger partial charge is 0.493 e. The molecule has 0 saturated carbocycles. The van der Waals surface area contributed by atoms with Gasteiger partial charge in [-0.25, -0.2) is 0 Å². The summed E-state index contributed by atoms with van der Waals surface area (Å²) in [7, 11) is 3.12. The minimum atomic E-state index is -0.354. The molecule has 0 aliphatic heterocycles. The van der Waals surface area contributed by atoms with Gasteiger partial charge in [-0.1, -0.05) is 30.3 Å². The van der Waals surface area contributed by atoms with E-state index in [0.717, 1.165) is 22.1 Å². The van der Waals surface area contributed by atoms with Crippen molar-refractivity contribution in [1.29, 1.82) is 0 Å². The molecule has 0 atom stereocenters. The topological polar surface area (TPSA) is 69.9 Å². The van der Waals surface area contributed by atoms with Crippen LogP contribution in [0.1, 0.15) is 21.9 Å². The molecule has 6 heteroatoms. The van der Waals surface area contributed by atoms with E-state index in [1.807, 2.05) is 43.3 Å². The molecule has 1 N–H and O–H groups in total. The van der Waals surface area contributed by atoms with Gasteiger partial charge < -0.3 is 23.9 Å². The van der Waals surface area contributed by atoms with Gasteiger partial charge in [-0.05, 0) is 53.6 Å². The van der Waals surface area contributed by atoms with Gasteiger partial charge in [0, 0.05) is 11.8 Å². The van der Waals surface area contributed by atoms with Gasteiger partial charge in [0.15, 0.2) is 17.3 Å². The van der Waals surface area contributed by atoms with Crippen LogP contribution in [-0.4, -0.2) is 20.1 Å². The molecule has 6 nitrogen and oxygen atoms in total. The van der Waals surface area contributed by atoms with E-state index in [1.54, 1.807) is 38.5 Å². The number of hydrogen-bond donors (Lipinski definition) is 1. The number of hydrogen-bond acceptors (Lipinski definition) is 5. The summed E-state index contributed by atoms with van der Waals surface area (Å²) >= 11 is 0. The highest BCUT2D eigenvalue weighted by molar-refractivity contribution is 6.02. The molecule has 0 aliphatic carbocycles. The van der Waals surface area contributed by atoms with Gasteiger partial charge in [0.25, 0.3) is 5.91 Å². The number of aryl methyl sites for hydroxylation is 1. The number of anilines is 1. The fourth-order valence-electron chi connectivity index (χ4n) is 3.29. The number of carbonyl (C=O) groups excluding carboxylic acids is 1. The predicted octanol–water partition coefficient (Wildman–Crippen LogP) is 5.59. The van der Waals surface area contributed by atoms with Crippen molar-refractivity contribution in [2.75, 3.05) is 19.5 Å². The molecule has 1 amide bonds. The quantitative estimate of drug-likeness (QED) is 0.424. The SMILES string of the molecule is COc1cc(C)c(NC(=O)c2ccc(COc3ccc4ccccc4c3)o2)cc1OC. The van der Waals surface area contributed by atoms with Crippen molar-refractivity contribution < 1.29 is 23.4 Å². The number of furan rings is 1. The summed E-state index contributed by atoms with van der Waals surface area (Å²) in [6, 6.07) is 20.9. The Morgan fingerprint density at radius 2 is 1.65 bits per heavy atom. The number of benzene rings is 3. The molecule has 4 aromatic rings. The molecule has 0 radical (unpaired) electrons. The molecule has 1 heterocycles. The third-order valence-electron chi connectivity index (χ3n) is 4.97. The minimum Gasteiger partial charge on any atom is -0.493 e. The van der Waals surface area contributed by atoms with Crippen molar-refractivity contribution in [3.05, 3.63) is 83.8 Å². The fraction of sp³-hybridized carbons (Fsp3) is 0.160. The molecule has 0 fully saturated rings. The summed E-state index contributed by atoms with van der Waals surface area (Å²) in [4.78, 5) is 12.6. The maximum absolute atomic E-state index is 12.6. The van der Waals surface area contributed by atoms with Crippen LogP contribution in [0.3, 0.4) is 0 Å². The molecule has 3 aromatic carbocycles. The highest BCUT2D eigenvalue weighted by Crippen LogP contribution is 2.33. The van der Waals surface area contributed by atoms with Gasteiger partial charge in [0.05, 0.1) is 14.2 Å². The summed E-state index contributed by atoms with van der Waals surface area (Å²) in [5, 5.41) is 5.10. The molecule has 0 aliphatic rings. The second-order valence-corrected chi connectivity index (χ2v) is 7.04. The lowest BCUT2D eigenvalue weighted by molar-refractivity contribution is 0.0992. The van der Waals surface area contributed by atoms with Crippen LogP contribution in [0.5, 0.6) is 17.2 Å². The van der Waals surface area contributed by atoms with Crippen LogP contribution in [0.4, 0.5) is 5.69 Å². The van der Waals surface area contributed by atoms with Crippen LogP contribution in [0.2, 0.25) is 0 Å². The summed E-state index contributed by atoms with van der Waals surface area (Å²) in [6.45, 7) is 2.10. The normalized spacial score (nSPS) is 10.7. The van der Waals surface area contributed by atoms with Gasteiger partial charge in [0.2, 0.25) is 0 Å². The van der Waals surface area contributed by atoms with E-state index < -0.39 is 0 Å². The average Bonchev–Trinajstić information content (AvgIpc) is 3.28. The number of methoxy groups -OCH3 is 2. The van der Waals surface area contributed by atoms with Crippen molar-refractivity contribution in [2.45, 2.75) is 13.5 Å². The molecule has 0 spiro atoms. The van der Waals surface area contributed by atoms with Gasteiger partial charge >= 0.3 is 0 Å². The van der Waals surface area contributed by atoms with E-state index in [9.17, 15) is 4.79 Å². The molecule has 1 aromatic heterocycles. The highest BCUT2D eigenvalue weighted by Gasteiger charge is 2.15. The molecule has 0 bridgehead atoms. The summed E-state index contributed by atoms with van der Waals surface area (Å²) in [6.07, 6.45) is 0. The van der Waals surface area contributed by atoms with E-state index in [0.29, 0.717) is 22.9 Å². The lowest BCUT2D eigenvalue weighted by Crippen LogP contribution is -2.12. The number of amides is 1. The zero-order valence-electron chi connectivity index (χ0n) is 17.6. The van der Waals surface area contributed by atoms with E-state index >= 15 is 0 Å². The molecule has 0 unspecified atom stereocenters. The Bertz CT molecular complexity index is 1230. The Balaban J connectivity index is 1.42. The van der Waals surface area contributed by atoms with Gasteiger partial charge in [-0.3, -0.25) is 4.79 Å². The molecule has 158 valence electrons. The van der Waals surface area contributed by atoms with Crippen LogP contribution in [-0.2, 0) is 6.61 Å². The van der Waals surface area contributed by atoms with Crippen molar-refractivity contribution in [3.8, 4) is 17.2 Å². The second kappa shape index (κ2) is 8.83. The molecule has 31 heavy (non-hydrogen) atoms. The first-order chi connectivity index (χ1) is 15.1. The van der Waals surface area contributed by atoms with E-state index in [2.05, 4.69) is 11.4 Å². The molecular formula is C25H23NO5. The lowest BCUT2D eigenvalue weighted by Gasteiger charge is -2.13. The Morgan fingerprint density at radius 3 is 2.42 bits per heavy atom. The van der Waals surface area contributed by atoms with E-state index in [1.165, 1.54) is 0 Å².